The van der Waals surface area contributed by atoms with Gasteiger partial charge in [0.05, 0.1) is 22.2 Å². The first-order chi connectivity index (χ1) is 12.4. The number of carboxylic acids is 1. The first-order valence-electron chi connectivity index (χ1n) is 7.47. The van der Waals surface area contributed by atoms with E-state index in [9.17, 15) is 29.7 Å². The van der Waals surface area contributed by atoms with Crippen LogP contribution in [0.25, 0.3) is 10.9 Å². The van der Waals surface area contributed by atoms with Gasteiger partial charge in [0.2, 0.25) is 5.78 Å². The maximum Gasteiger partial charge on any atom is 0.416 e. The van der Waals surface area contributed by atoms with E-state index in [1.165, 1.54) is 18.2 Å². The maximum atomic E-state index is 12.7. The summed E-state index contributed by atoms with van der Waals surface area (Å²) in [6.45, 7) is 0. The number of aromatic carboxylic acids is 1. The first-order valence-corrected chi connectivity index (χ1v) is 7.47. The van der Waals surface area contributed by atoms with Gasteiger partial charge < -0.3 is 15.3 Å². The lowest BCUT2D eigenvalue weighted by atomic mass is 10.1. The summed E-state index contributed by atoms with van der Waals surface area (Å²) in [5.74, 6) is -2.48. The molecule has 0 unspecified atom stereocenters. The Morgan fingerprint density at radius 2 is 1.73 bits per heavy atom. The second-order valence-electron chi connectivity index (χ2n) is 5.63. The molecule has 3 aromatic rings. The molecule has 128 valence electrons. The highest BCUT2D eigenvalue weighted by atomic mass is 16.4. The lowest BCUT2D eigenvalue weighted by molar-refractivity contribution is 0.0698. The molecule has 26 heavy (non-hydrogen) atoms. The molecule has 0 saturated carbocycles. The molecule has 8 heteroatoms. The highest BCUT2D eigenvalue weighted by Crippen LogP contribution is 2.38. The zero-order valence-corrected chi connectivity index (χ0v) is 13.0. The fourth-order valence-electron chi connectivity index (χ4n) is 3.14. The van der Waals surface area contributed by atoms with E-state index in [0.717, 1.165) is 0 Å². The Morgan fingerprint density at radius 3 is 2.38 bits per heavy atom. The SMILES string of the molecule is O=C1C(c2c(O)c3c(C(=O)O)cccc3n2C(=O)O)=Nc2ccccc21. The average molecular weight is 350 g/mol. The molecule has 4 rings (SSSR count). The predicted molar refractivity (Wildman–Crippen MR) is 91.0 cm³/mol. The van der Waals surface area contributed by atoms with E-state index in [0.29, 0.717) is 10.3 Å². The van der Waals surface area contributed by atoms with Crippen LogP contribution in [0.5, 0.6) is 5.75 Å². The van der Waals surface area contributed by atoms with Crippen molar-refractivity contribution in [1.82, 2.24) is 4.57 Å². The number of nitrogens with zero attached hydrogens (tertiary/aromatic N) is 2. The van der Waals surface area contributed by atoms with Gasteiger partial charge in [-0.3, -0.25) is 4.79 Å². The maximum absolute atomic E-state index is 12.7. The first kappa shape index (κ1) is 15.6. The zero-order chi connectivity index (χ0) is 18.6. The third kappa shape index (κ3) is 1.95. The van der Waals surface area contributed by atoms with Gasteiger partial charge in [-0.05, 0) is 24.3 Å². The average Bonchev–Trinajstić information content (AvgIpc) is 3.10. The summed E-state index contributed by atoms with van der Waals surface area (Å²) in [7, 11) is 0. The Hall–Kier alpha value is -3.94. The van der Waals surface area contributed by atoms with Gasteiger partial charge in [-0.25, -0.2) is 19.1 Å². The fraction of sp³-hybridized carbons (Fsp3) is 0. The topological polar surface area (TPSA) is 129 Å². The van der Waals surface area contributed by atoms with Crippen molar-refractivity contribution in [3.63, 3.8) is 0 Å². The van der Waals surface area contributed by atoms with Crippen molar-refractivity contribution in [2.75, 3.05) is 0 Å². The van der Waals surface area contributed by atoms with Crippen molar-refractivity contribution in [3.05, 3.63) is 59.3 Å². The van der Waals surface area contributed by atoms with Crippen molar-refractivity contribution in [2.45, 2.75) is 0 Å². The lowest BCUT2D eigenvalue weighted by Crippen LogP contribution is -2.20. The molecule has 3 N–H and O–H groups in total. The van der Waals surface area contributed by atoms with Crippen molar-refractivity contribution >= 4 is 40.1 Å². The number of ketones is 1. The van der Waals surface area contributed by atoms with Gasteiger partial charge >= 0.3 is 12.1 Å². The Bertz CT molecular complexity index is 1170. The molecule has 0 amide bonds. The van der Waals surface area contributed by atoms with Crippen LogP contribution in [0.15, 0.2) is 47.5 Å². The number of rotatable bonds is 2. The molecule has 1 aliphatic rings. The summed E-state index contributed by atoms with van der Waals surface area (Å²) in [6.07, 6.45) is -1.47. The fourth-order valence-corrected chi connectivity index (χ4v) is 3.14. The van der Waals surface area contributed by atoms with Crippen LogP contribution < -0.4 is 0 Å². The molecule has 0 spiro atoms. The third-order valence-corrected chi connectivity index (χ3v) is 4.21. The van der Waals surface area contributed by atoms with Crippen LogP contribution in [-0.2, 0) is 0 Å². The molecule has 2 heterocycles. The van der Waals surface area contributed by atoms with Gasteiger partial charge in [0, 0.05) is 5.56 Å². The summed E-state index contributed by atoms with van der Waals surface area (Å²) < 4.78 is 0.680. The molecule has 0 fully saturated rings. The smallest absolute Gasteiger partial charge is 0.416 e. The standard InChI is InChI=1S/C18H10N2O6/c21-15-8-4-1-2-6-10(8)19-13(15)14-16(22)12-9(17(23)24)5-3-7-11(12)20(14)18(25)26/h1-7,22H,(H,23,24)(H,25,26). The number of fused-ring (bicyclic) bond motifs is 2. The number of carbonyl (C=O) groups is 3. The molecule has 1 aromatic heterocycles. The van der Waals surface area contributed by atoms with E-state index < -0.39 is 23.6 Å². The zero-order valence-electron chi connectivity index (χ0n) is 13.0. The number of benzene rings is 2. The highest BCUT2D eigenvalue weighted by molar-refractivity contribution is 6.55. The number of aliphatic imine (C=N–C) groups is 1. The van der Waals surface area contributed by atoms with Crippen LogP contribution in [0.1, 0.15) is 26.4 Å². The van der Waals surface area contributed by atoms with E-state index in [4.69, 9.17) is 0 Å². The molecule has 0 saturated heterocycles. The van der Waals surface area contributed by atoms with E-state index in [-0.39, 0.29) is 33.4 Å². The van der Waals surface area contributed by atoms with E-state index in [2.05, 4.69) is 4.99 Å². The van der Waals surface area contributed by atoms with Gasteiger partial charge in [-0.15, -0.1) is 0 Å². The Balaban J connectivity index is 2.09. The van der Waals surface area contributed by atoms with Gasteiger partial charge in [0.1, 0.15) is 11.4 Å². The number of Topliss-reactive ketones (excluding diaryl/α,β-unsaturated/α-hetero) is 1. The Morgan fingerprint density at radius 1 is 1.00 bits per heavy atom. The van der Waals surface area contributed by atoms with Crippen LogP contribution in [-0.4, -0.2) is 43.4 Å². The van der Waals surface area contributed by atoms with E-state index in [1.807, 2.05) is 0 Å². The highest BCUT2D eigenvalue weighted by Gasteiger charge is 2.34. The minimum atomic E-state index is -1.47. The second-order valence-corrected chi connectivity index (χ2v) is 5.63. The van der Waals surface area contributed by atoms with Crippen LogP contribution >= 0.6 is 0 Å². The van der Waals surface area contributed by atoms with Gasteiger partial charge in [-0.1, -0.05) is 18.2 Å². The van der Waals surface area contributed by atoms with Gasteiger partial charge in [0.15, 0.2) is 5.75 Å². The number of carboxylic acid groups (broad SMARTS) is 2. The molecular weight excluding hydrogens is 340 g/mol. The summed E-state index contributed by atoms with van der Waals surface area (Å²) in [5.41, 5.74) is -0.280. The van der Waals surface area contributed by atoms with Crippen LogP contribution in [0.3, 0.4) is 0 Å². The Labute approximate surface area is 145 Å². The van der Waals surface area contributed by atoms with Crippen molar-refractivity contribution < 1.29 is 29.7 Å². The Kier molecular flexibility index (Phi) is 3.16. The van der Waals surface area contributed by atoms with Crippen molar-refractivity contribution in [1.29, 1.82) is 0 Å². The number of carbonyl (C=O) groups excluding carboxylic acids is 1. The number of aromatic hydroxyl groups is 1. The molecule has 0 radical (unpaired) electrons. The molecule has 0 aliphatic carbocycles. The molecule has 8 nitrogen and oxygen atoms in total. The van der Waals surface area contributed by atoms with Crippen molar-refractivity contribution in [2.24, 2.45) is 4.99 Å². The molecule has 0 bridgehead atoms. The minimum absolute atomic E-state index is 0.0450. The molecule has 1 aliphatic heterocycles. The van der Waals surface area contributed by atoms with E-state index >= 15 is 0 Å². The normalized spacial score (nSPS) is 12.9. The predicted octanol–water partition coefficient (Wildman–Crippen LogP) is 2.89. The monoisotopic (exact) mass is 350 g/mol. The summed E-state index contributed by atoms with van der Waals surface area (Å²) in [6, 6.07) is 10.4. The van der Waals surface area contributed by atoms with Crippen LogP contribution in [0.2, 0.25) is 0 Å². The number of hydrogen-bond donors (Lipinski definition) is 3. The third-order valence-electron chi connectivity index (χ3n) is 4.21. The second kappa shape index (κ2) is 5.28. The van der Waals surface area contributed by atoms with Gasteiger partial charge in [0.25, 0.3) is 0 Å². The number of hydrogen-bond acceptors (Lipinski definition) is 5. The minimum Gasteiger partial charge on any atom is -0.505 e. The van der Waals surface area contributed by atoms with Crippen LogP contribution in [0.4, 0.5) is 10.5 Å². The van der Waals surface area contributed by atoms with Crippen LogP contribution in [0, 0.1) is 0 Å². The van der Waals surface area contributed by atoms with E-state index in [1.54, 1.807) is 24.3 Å². The number of aromatic nitrogens is 1. The summed E-state index contributed by atoms with van der Waals surface area (Å²) in [4.78, 5) is 40.1. The lowest BCUT2D eigenvalue weighted by Gasteiger charge is -2.04. The summed E-state index contributed by atoms with van der Waals surface area (Å²) in [5, 5.41) is 29.4. The quantitative estimate of drug-likeness (QED) is 0.652. The molecule has 2 aromatic carbocycles. The number of para-hydroxylation sites is 1. The molecular formula is C18H10N2O6. The molecule has 0 atom stereocenters. The van der Waals surface area contributed by atoms with Gasteiger partial charge in [-0.2, -0.15) is 0 Å². The summed E-state index contributed by atoms with van der Waals surface area (Å²) >= 11 is 0. The van der Waals surface area contributed by atoms with Crippen molar-refractivity contribution in [3.8, 4) is 5.75 Å². The largest absolute Gasteiger partial charge is 0.505 e.